The van der Waals surface area contributed by atoms with Gasteiger partial charge in [0.05, 0.1) is 5.69 Å². The average molecular weight is 338 g/mol. The maximum Gasteiger partial charge on any atom is 0.227 e. The fourth-order valence-corrected chi connectivity index (χ4v) is 2.89. The number of hydrogen-bond acceptors (Lipinski definition) is 6. The van der Waals surface area contributed by atoms with Gasteiger partial charge in [-0.05, 0) is 42.6 Å². The highest BCUT2D eigenvalue weighted by molar-refractivity contribution is 7.08. The Balaban J connectivity index is 1.45. The number of benzene rings is 1. The largest absolute Gasteiger partial charge is 0.487 e. The standard InChI is InChI=1S/C17H14N4O2S/c1-12-16(20-17(23-12)13-6-7-24-9-13)8-22-15-4-2-14(3-5-15)21-11-18-10-19-21/h2-7,9-11H,8H2,1H3. The summed E-state index contributed by atoms with van der Waals surface area (Å²) in [5.41, 5.74) is 2.72. The smallest absolute Gasteiger partial charge is 0.227 e. The van der Waals surface area contributed by atoms with Gasteiger partial charge in [0.2, 0.25) is 5.89 Å². The summed E-state index contributed by atoms with van der Waals surface area (Å²) in [6.45, 7) is 2.26. The zero-order valence-corrected chi connectivity index (χ0v) is 13.7. The van der Waals surface area contributed by atoms with E-state index in [2.05, 4.69) is 15.1 Å². The molecule has 4 rings (SSSR count). The summed E-state index contributed by atoms with van der Waals surface area (Å²) >= 11 is 1.62. The van der Waals surface area contributed by atoms with Crippen molar-refractivity contribution in [2.75, 3.05) is 0 Å². The quantitative estimate of drug-likeness (QED) is 0.552. The number of oxazole rings is 1. The third-order valence-electron chi connectivity index (χ3n) is 3.56. The lowest BCUT2D eigenvalue weighted by Crippen LogP contribution is -1.98. The topological polar surface area (TPSA) is 66.0 Å². The van der Waals surface area contributed by atoms with Gasteiger partial charge >= 0.3 is 0 Å². The molecule has 0 radical (unpaired) electrons. The Morgan fingerprint density at radius 2 is 2.08 bits per heavy atom. The molecule has 6 nitrogen and oxygen atoms in total. The summed E-state index contributed by atoms with van der Waals surface area (Å²) in [6.07, 6.45) is 3.16. The van der Waals surface area contributed by atoms with E-state index in [0.29, 0.717) is 12.5 Å². The van der Waals surface area contributed by atoms with Gasteiger partial charge < -0.3 is 9.15 Å². The summed E-state index contributed by atoms with van der Waals surface area (Å²) in [5.74, 6) is 2.17. The molecular weight excluding hydrogens is 324 g/mol. The van der Waals surface area contributed by atoms with E-state index >= 15 is 0 Å². The molecule has 0 amide bonds. The number of aryl methyl sites for hydroxylation is 1. The van der Waals surface area contributed by atoms with Crippen molar-refractivity contribution in [1.82, 2.24) is 19.7 Å². The molecule has 0 saturated carbocycles. The highest BCUT2D eigenvalue weighted by atomic mass is 32.1. The Morgan fingerprint density at radius 3 is 2.79 bits per heavy atom. The van der Waals surface area contributed by atoms with Gasteiger partial charge in [0.25, 0.3) is 0 Å². The summed E-state index contributed by atoms with van der Waals surface area (Å²) < 4.78 is 13.2. The molecule has 0 aliphatic carbocycles. The van der Waals surface area contributed by atoms with Crippen LogP contribution < -0.4 is 4.74 Å². The minimum Gasteiger partial charge on any atom is -0.487 e. The van der Waals surface area contributed by atoms with Gasteiger partial charge in [-0.2, -0.15) is 16.4 Å². The minimum absolute atomic E-state index is 0.363. The van der Waals surface area contributed by atoms with Gasteiger partial charge in [0.1, 0.15) is 36.5 Å². The lowest BCUT2D eigenvalue weighted by molar-refractivity contribution is 0.299. The van der Waals surface area contributed by atoms with E-state index in [0.717, 1.165) is 28.5 Å². The molecule has 4 aromatic rings. The van der Waals surface area contributed by atoms with Crippen LogP contribution in [0.2, 0.25) is 0 Å². The molecule has 3 aromatic heterocycles. The van der Waals surface area contributed by atoms with E-state index in [-0.39, 0.29) is 0 Å². The molecule has 0 N–H and O–H groups in total. The molecule has 24 heavy (non-hydrogen) atoms. The van der Waals surface area contributed by atoms with Crippen LogP contribution in [0.1, 0.15) is 11.5 Å². The van der Waals surface area contributed by atoms with Gasteiger partial charge in [0, 0.05) is 10.9 Å². The van der Waals surface area contributed by atoms with E-state index in [9.17, 15) is 0 Å². The van der Waals surface area contributed by atoms with Gasteiger partial charge in [-0.1, -0.05) is 0 Å². The van der Waals surface area contributed by atoms with Crippen molar-refractivity contribution in [2.24, 2.45) is 0 Å². The summed E-state index contributed by atoms with van der Waals surface area (Å²) in [4.78, 5) is 8.45. The molecule has 7 heteroatoms. The fraction of sp³-hybridized carbons (Fsp3) is 0.118. The first-order chi connectivity index (χ1) is 11.8. The number of thiophene rings is 1. The lowest BCUT2D eigenvalue weighted by Gasteiger charge is -2.06. The van der Waals surface area contributed by atoms with Crippen molar-refractivity contribution in [3.63, 3.8) is 0 Å². The second kappa shape index (κ2) is 6.29. The summed E-state index contributed by atoms with van der Waals surface area (Å²) in [7, 11) is 0. The molecule has 120 valence electrons. The van der Waals surface area contributed by atoms with E-state index in [1.165, 1.54) is 6.33 Å². The van der Waals surface area contributed by atoms with Gasteiger partial charge in [-0.15, -0.1) is 0 Å². The first kappa shape index (κ1) is 14.6. The Labute approximate surface area is 142 Å². The van der Waals surface area contributed by atoms with Crippen LogP contribution in [0.25, 0.3) is 17.1 Å². The zero-order chi connectivity index (χ0) is 16.4. The number of ether oxygens (including phenoxy) is 1. The first-order valence-electron chi connectivity index (χ1n) is 7.36. The lowest BCUT2D eigenvalue weighted by atomic mass is 10.3. The normalized spacial score (nSPS) is 10.9. The molecular formula is C17H14N4O2S. The van der Waals surface area contributed by atoms with Gasteiger partial charge in [-0.25, -0.2) is 14.6 Å². The molecule has 0 bridgehead atoms. The summed E-state index contributed by atoms with van der Waals surface area (Å²) in [6, 6.07) is 9.63. The van der Waals surface area contributed by atoms with Crippen LogP contribution in [0.4, 0.5) is 0 Å². The number of rotatable bonds is 5. The van der Waals surface area contributed by atoms with Crippen molar-refractivity contribution in [2.45, 2.75) is 13.5 Å². The molecule has 0 saturated heterocycles. The fourth-order valence-electron chi connectivity index (χ4n) is 2.26. The van der Waals surface area contributed by atoms with Crippen LogP contribution in [0.5, 0.6) is 5.75 Å². The molecule has 1 aromatic carbocycles. The Kier molecular flexibility index (Phi) is 3.84. The van der Waals surface area contributed by atoms with E-state index in [1.807, 2.05) is 48.0 Å². The van der Waals surface area contributed by atoms with E-state index < -0.39 is 0 Å². The highest BCUT2D eigenvalue weighted by Gasteiger charge is 2.12. The van der Waals surface area contributed by atoms with E-state index in [4.69, 9.17) is 9.15 Å². The molecule has 0 unspecified atom stereocenters. The van der Waals surface area contributed by atoms with Gasteiger partial charge in [0.15, 0.2) is 0 Å². The maximum atomic E-state index is 5.81. The number of nitrogens with zero attached hydrogens (tertiary/aromatic N) is 4. The SMILES string of the molecule is Cc1oc(-c2ccsc2)nc1COc1ccc(-n2cncn2)cc1. The summed E-state index contributed by atoms with van der Waals surface area (Å²) in [5, 5.41) is 8.11. The maximum absolute atomic E-state index is 5.81. The molecule has 0 atom stereocenters. The highest BCUT2D eigenvalue weighted by Crippen LogP contribution is 2.24. The van der Waals surface area contributed by atoms with Crippen LogP contribution in [-0.2, 0) is 6.61 Å². The second-order valence-electron chi connectivity index (χ2n) is 5.16. The van der Waals surface area contributed by atoms with Crippen molar-refractivity contribution in [3.8, 4) is 22.9 Å². The molecule has 0 aliphatic heterocycles. The van der Waals surface area contributed by atoms with Crippen LogP contribution in [-0.4, -0.2) is 19.7 Å². The van der Waals surface area contributed by atoms with Crippen LogP contribution >= 0.6 is 11.3 Å². The monoisotopic (exact) mass is 338 g/mol. The molecule has 3 heterocycles. The Morgan fingerprint density at radius 1 is 1.21 bits per heavy atom. The van der Waals surface area contributed by atoms with Crippen LogP contribution in [0, 0.1) is 6.92 Å². The van der Waals surface area contributed by atoms with Gasteiger partial charge in [-0.3, -0.25) is 0 Å². The minimum atomic E-state index is 0.363. The molecule has 0 aliphatic rings. The van der Waals surface area contributed by atoms with Crippen molar-refractivity contribution in [3.05, 3.63) is 65.2 Å². The van der Waals surface area contributed by atoms with E-state index in [1.54, 1.807) is 22.3 Å². The third-order valence-corrected chi connectivity index (χ3v) is 4.24. The van der Waals surface area contributed by atoms with Crippen LogP contribution in [0.15, 0.2) is 58.2 Å². The zero-order valence-electron chi connectivity index (χ0n) is 12.9. The predicted molar refractivity (Wildman–Crippen MR) is 90.2 cm³/mol. The third kappa shape index (κ3) is 2.93. The second-order valence-corrected chi connectivity index (χ2v) is 5.94. The predicted octanol–water partition coefficient (Wildman–Crippen LogP) is 3.87. The molecule has 0 fully saturated rings. The van der Waals surface area contributed by atoms with Crippen molar-refractivity contribution < 1.29 is 9.15 Å². The first-order valence-corrected chi connectivity index (χ1v) is 8.30. The average Bonchev–Trinajstić information content (AvgIpc) is 3.35. The Hall–Kier alpha value is -2.93. The van der Waals surface area contributed by atoms with Crippen molar-refractivity contribution in [1.29, 1.82) is 0 Å². The Bertz CT molecular complexity index is 912. The number of aromatic nitrogens is 4. The van der Waals surface area contributed by atoms with Crippen molar-refractivity contribution >= 4 is 11.3 Å². The van der Waals surface area contributed by atoms with Crippen LogP contribution in [0.3, 0.4) is 0 Å². The number of hydrogen-bond donors (Lipinski definition) is 0. The molecule has 0 spiro atoms.